The van der Waals surface area contributed by atoms with E-state index in [4.69, 9.17) is 0 Å². The summed E-state index contributed by atoms with van der Waals surface area (Å²) in [5.74, 6) is 0. The fourth-order valence-electron chi connectivity index (χ4n) is 1.78. The van der Waals surface area contributed by atoms with E-state index < -0.39 is 8.07 Å². The zero-order valence-corrected chi connectivity index (χ0v) is 10.8. The first kappa shape index (κ1) is 12.2. The van der Waals surface area contributed by atoms with Gasteiger partial charge in [0, 0.05) is 8.07 Å². The molecule has 0 aliphatic carbocycles. The summed E-state index contributed by atoms with van der Waals surface area (Å²) >= 11 is 0. The third kappa shape index (κ3) is 3.75. The van der Waals surface area contributed by atoms with Crippen molar-refractivity contribution in [3.63, 3.8) is 0 Å². The van der Waals surface area contributed by atoms with Gasteiger partial charge in [0.05, 0.1) is 0 Å². The Labute approximate surface area is 79.8 Å². The monoisotopic (exact) mass is 186 g/mol. The molecule has 0 nitrogen and oxygen atoms in total. The van der Waals surface area contributed by atoms with E-state index in [1.807, 2.05) is 0 Å². The quantitative estimate of drug-likeness (QED) is 0.553. The molecule has 0 fully saturated rings. The standard InChI is InChI=1S/C11H26Si/c1-7-11(4,8-2)10-12(5,6)9-3/h7-10H2,1-6H3. The lowest BCUT2D eigenvalue weighted by atomic mass is 9.87. The second kappa shape index (κ2) is 4.45. The van der Waals surface area contributed by atoms with Gasteiger partial charge in [-0.25, -0.2) is 0 Å². The first-order valence-electron chi connectivity index (χ1n) is 5.39. The predicted molar refractivity (Wildman–Crippen MR) is 61.5 cm³/mol. The molecule has 0 bridgehead atoms. The Morgan fingerprint density at radius 1 is 1.00 bits per heavy atom. The normalized spacial score (nSPS) is 13.5. The lowest BCUT2D eigenvalue weighted by Gasteiger charge is -2.34. The van der Waals surface area contributed by atoms with Crippen molar-refractivity contribution in [1.82, 2.24) is 0 Å². The van der Waals surface area contributed by atoms with E-state index in [2.05, 4.69) is 40.8 Å². The smallest absolute Gasteiger partial charge is 0.0476 e. The summed E-state index contributed by atoms with van der Waals surface area (Å²) in [5, 5.41) is 0. The minimum Gasteiger partial charge on any atom is -0.0693 e. The average molecular weight is 186 g/mol. The van der Waals surface area contributed by atoms with Crippen molar-refractivity contribution in [2.75, 3.05) is 0 Å². The van der Waals surface area contributed by atoms with Crippen LogP contribution in [0, 0.1) is 5.41 Å². The Balaban J connectivity index is 4.20. The van der Waals surface area contributed by atoms with Gasteiger partial charge in [-0.1, -0.05) is 65.7 Å². The Morgan fingerprint density at radius 2 is 1.42 bits per heavy atom. The highest BCUT2D eigenvalue weighted by Gasteiger charge is 2.29. The topological polar surface area (TPSA) is 0 Å². The molecular formula is C11H26Si. The van der Waals surface area contributed by atoms with Gasteiger partial charge in [-0.05, 0) is 5.41 Å². The van der Waals surface area contributed by atoms with Gasteiger partial charge in [-0.15, -0.1) is 0 Å². The highest BCUT2D eigenvalue weighted by Crippen LogP contribution is 2.36. The van der Waals surface area contributed by atoms with Crippen LogP contribution in [0.1, 0.15) is 40.5 Å². The van der Waals surface area contributed by atoms with E-state index in [0.717, 1.165) is 0 Å². The molecule has 0 saturated heterocycles. The Hall–Kier alpha value is 0.217. The fourth-order valence-corrected chi connectivity index (χ4v) is 4.84. The lowest BCUT2D eigenvalue weighted by molar-refractivity contribution is 0.332. The molecule has 0 atom stereocenters. The molecule has 0 N–H and O–H groups in total. The van der Waals surface area contributed by atoms with Crippen LogP contribution in [0.3, 0.4) is 0 Å². The fraction of sp³-hybridized carbons (Fsp3) is 1.00. The van der Waals surface area contributed by atoms with E-state index >= 15 is 0 Å². The third-order valence-corrected chi connectivity index (χ3v) is 7.29. The van der Waals surface area contributed by atoms with E-state index in [0.29, 0.717) is 5.41 Å². The molecule has 0 aliphatic rings. The van der Waals surface area contributed by atoms with Crippen molar-refractivity contribution >= 4 is 8.07 Å². The number of hydrogen-bond donors (Lipinski definition) is 0. The van der Waals surface area contributed by atoms with E-state index in [1.165, 1.54) is 24.9 Å². The third-order valence-electron chi connectivity index (χ3n) is 3.57. The minimum atomic E-state index is -0.855. The van der Waals surface area contributed by atoms with Crippen LogP contribution in [0.25, 0.3) is 0 Å². The summed E-state index contributed by atoms with van der Waals surface area (Å²) in [6.07, 6.45) is 2.69. The highest BCUT2D eigenvalue weighted by atomic mass is 28.3. The van der Waals surface area contributed by atoms with Crippen molar-refractivity contribution in [1.29, 1.82) is 0 Å². The van der Waals surface area contributed by atoms with Crippen molar-refractivity contribution in [3.05, 3.63) is 0 Å². The summed E-state index contributed by atoms with van der Waals surface area (Å²) in [4.78, 5) is 0. The molecule has 0 aromatic heterocycles. The van der Waals surface area contributed by atoms with Crippen LogP contribution in [-0.4, -0.2) is 8.07 Å². The summed E-state index contributed by atoms with van der Waals surface area (Å²) in [7, 11) is -0.855. The van der Waals surface area contributed by atoms with Gasteiger partial charge in [-0.2, -0.15) is 0 Å². The van der Waals surface area contributed by atoms with Crippen LogP contribution in [0.15, 0.2) is 0 Å². The molecule has 0 aromatic carbocycles. The molecule has 0 aliphatic heterocycles. The van der Waals surface area contributed by atoms with Crippen molar-refractivity contribution in [3.8, 4) is 0 Å². The van der Waals surface area contributed by atoms with E-state index in [9.17, 15) is 0 Å². The van der Waals surface area contributed by atoms with Gasteiger partial charge in [0.2, 0.25) is 0 Å². The van der Waals surface area contributed by atoms with Gasteiger partial charge >= 0.3 is 0 Å². The van der Waals surface area contributed by atoms with Gasteiger partial charge < -0.3 is 0 Å². The Bertz CT molecular complexity index is 123. The molecule has 0 radical (unpaired) electrons. The van der Waals surface area contributed by atoms with Gasteiger partial charge in [0.1, 0.15) is 0 Å². The Kier molecular flexibility index (Phi) is 4.53. The SMILES string of the molecule is CCC(C)(CC)C[Si](C)(C)CC. The molecule has 74 valence electrons. The molecule has 12 heavy (non-hydrogen) atoms. The second-order valence-electron chi connectivity index (χ2n) is 5.21. The molecule has 0 saturated carbocycles. The maximum atomic E-state index is 2.52. The molecule has 0 amide bonds. The Morgan fingerprint density at radius 3 is 1.67 bits per heavy atom. The van der Waals surface area contributed by atoms with Crippen LogP contribution in [0.5, 0.6) is 0 Å². The molecule has 0 aromatic rings. The van der Waals surface area contributed by atoms with Crippen LogP contribution >= 0.6 is 0 Å². The average Bonchev–Trinajstić information content (AvgIpc) is 2.04. The van der Waals surface area contributed by atoms with Crippen LogP contribution < -0.4 is 0 Å². The first-order valence-corrected chi connectivity index (χ1v) is 8.80. The summed E-state index contributed by atoms with van der Waals surface area (Å²) in [6, 6.07) is 2.94. The van der Waals surface area contributed by atoms with Crippen LogP contribution in [0.4, 0.5) is 0 Å². The number of rotatable bonds is 5. The predicted octanol–water partition coefficient (Wildman–Crippen LogP) is 4.54. The largest absolute Gasteiger partial charge is 0.0693 e. The van der Waals surface area contributed by atoms with Crippen molar-refractivity contribution in [2.45, 2.75) is 65.7 Å². The zero-order valence-electron chi connectivity index (χ0n) is 9.83. The summed E-state index contributed by atoms with van der Waals surface area (Å²) in [5.41, 5.74) is 0.631. The van der Waals surface area contributed by atoms with Crippen molar-refractivity contribution in [2.24, 2.45) is 5.41 Å². The van der Waals surface area contributed by atoms with Crippen LogP contribution in [0.2, 0.25) is 25.2 Å². The molecule has 0 unspecified atom stereocenters. The van der Waals surface area contributed by atoms with Gasteiger partial charge in [-0.3, -0.25) is 0 Å². The maximum Gasteiger partial charge on any atom is 0.0476 e. The van der Waals surface area contributed by atoms with Gasteiger partial charge in [0.25, 0.3) is 0 Å². The molecule has 0 rings (SSSR count). The molecular weight excluding hydrogens is 160 g/mol. The molecule has 0 spiro atoms. The van der Waals surface area contributed by atoms with E-state index in [1.54, 1.807) is 0 Å². The van der Waals surface area contributed by atoms with E-state index in [-0.39, 0.29) is 0 Å². The van der Waals surface area contributed by atoms with Crippen molar-refractivity contribution < 1.29 is 0 Å². The first-order chi connectivity index (χ1) is 5.39. The second-order valence-corrected chi connectivity index (χ2v) is 10.6. The highest BCUT2D eigenvalue weighted by molar-refractivity contribution is 6.77. The molecule has 0 heterocycles. The van der Waals surface area contributed by atoms with Gasteiger partial charge in [0.15, 0.2) is 0 Å². The lowest BCUT2D eigenvalue weighted by Crippen LogP contribution is -2.32. The summed E-state index contributed by atoms with van der Waals surface area (Å²) in [6.45, 7) is 14.5. The molecule has 1 heteroatoms. The maximum absolute atomic E-state index is 2.52. The number of hydrogen-bond acceptors (Lipinski definition) is 0. The zero-order chi connectivity index (χ0) is 9.83. The summed E-state index contributed by atoms with van der Waals surface area (Å²) < 4.78 is 0. The minimum absolute atomic E-state index is 0.631. The van der Waals surface area contributed by atoms with Crippen LogP contribution in [-0.2, 0) is 0 Å².